The summed E-state index contributed by atoms with van der Waals surface area (Å²) < 4.78 is 23.8. The first-order chi connectivity index (χ1) is 6.37. The number of sulfone groups is 1. The van der Waals surface area contributed by atoms with Crippen LogP contribution in [0.5, 0.6) is 0 Å². The second-order valence-electron chi connectivity index (χ2n) is 3.48. The molecule has 0 unspecified atom stereocenters. The highest BCUT2D eigenvalue weighted by molar-refractivity contribution is 7.92. The van der Waals surface area contributed by atoms with Crippen LogP contribution in [-0.4, -0.2) is 13.7 Å². The Labute approximate surface area is 89.8 Å². The summed E-state index contributed by atoms with van der Waals surface area (Å²) in [6.45, 7) is 5.05. The van der Waals surface area contributed by atoms with Crippen LogP contribution in [0, 0.1) is 6.92 Å². The van der Waals surface area contributed by atoms with E-state index >= 15 is 0 Å². The van der Waals surface area contributed by atoms with Gasteiger partial charge in [-0.1, -0.05) is 23.7 Å². The Kier molecular flexibility index (Phi) is 3.22. The molecule has 4 heteroatoms. The minimum Gasteiger partial charge on any atom is -0.223 e. The Morgan fingerprint density at radius 1 is 1.29 bits per heavy atom. The number of hydrogen-bond donors (Lipinski definition) is 0. The molecule has 1 aromatic carbocycles. The van der Waals surface area contributed by atoms with Crippen molar-refractivity contribution in [1.29, 1.82) is 0 Å². The van der Waals surface area contributed by atoms with Gasteiger partial charge in [0.05, 0.1) is 15.2 Å². The van der Waals surface area contributed by atoms with Crippen molar-refractivity contribution in [3.63, 3.8) is 0 Å². The van der Waals surface area contributed by atoms with Crippen LogP contribution >= 0.6 is 11.6 Å². The van der Waals surface area contributed by atoms with Crippen molar-refractivity contribution in [3.8, 4) is 0 Å². The predicted molar refractivity (Wildman–Crippen MR) is 58.5 cm³/mol. The van der Waals surface area contributed by atoms with E-state index in [2.05, 4.69) is 0 Å². The molecular formula is C10H13ClO2S. The number of rotatable bonds is 2. The van der Waals surface area contributed by atoms with E-state index in [1.54, 1.807) is 39.0 Å². The maximum atomic E-state index is 11.9. The van der Waals surface area contributed by atoms with E-state index in [9.17, 15) is 8.42 Å². The minimum atomic E-state index is -3.27. The molecule has 0 amide bonds. The van der Waals surface area contributed by atoms with Crippen molar-refractivity contribution in [2.45, 2.75) is 30.9 Å². The van der Waals surface area contributed by atoms with Crippen LogP contribution in [-0.2, 0) is 9.84 Å². The molecule has 0 aliphatic carbocycles. The average Bonchev–Trinajstić information content (AvgIpc) is 2.02. The third-order valence-electron chi connectivity index (χ3n) is 2.07. The Morgan fingerprint density at radius 2 is 1.86 bits per heavy atom. The lowest BCUT2D eigenvalue weighted by Crippen LogP contribution is -2.15. The van der Waals surface area contributed by atoms with Gasteiger partial charge in [0.2, 0.25) is 0 Å². The molecular weight excluding hydrogens is 220 g/mol. The van der Waals surface area contributed by atoms with Gasteiger partial charge in [0.15, 0.2) is 9.84 Å². The quantitative estimate of drug-likeness (QED) is 0.786. The maximum Gasteiger partial charge on any atom is 0.182 e. The molecule has 0 aliphatic heterocycles. The van der Waals surface area contributed by atoms with Gasteiger partial charge in [-0.25, -0.2) is 8.42 Å². The molecule has 0 aliphatic rings. The van der Waals surface area contributed by atoms with Crippen molar-refractivity contribution in [1.82, 2.24) is 0 Å². The van der Waals surface area contributed by atoms with Crippen molar-refractivity contribution >= 4 is 21.4 Å². The zero-order valence-electron chi connectivity index (χ0n) is 8.41. The fraction of sp³-hybridized carbons (Fsp3) is 0.400. The fourth-order valence-electron chi connectivity index (χ4n) is 1.21. The van der Waals surface area contributed by atoms with Crippen LogP contribution in [0.3, 0.4) is 0 Å². The highest BCUT2D eigenvalue weighted by Gasteiger charge is 2.23. The lowest BCUT2D eigenvalue weighted by atomic mass is 10.2. The molecule has 78 valence electrons. The molecule has 1 rings (SSSR count). The molecule has 0 N–H and O–H groups in total. The Hall–Kier alpha value is -0.540. The fourth-order valence-corrected chi connectivity index (χ4v) is 3.09. The number of benzene rings is 1. The van der Waals surface area contributed by atoms with E-state index in [4.69, 9.17) is 11.6 Å². The molecule has 0 fully saturated rings. The first-order valence-corrected chi connectivity index (χ1v) is 6.29. The number of halogens is 1. The summed E-state index contributed by atoms with van der Waals surface area (Å²) in [6.07, 6.45) is 0. The summed E-state index contributed by atoms with van der Waals surface area (Å²) >= 11 is 5.88. The Balaban J connectivity index is 3.48. The highest BCUT2D eigenvalue weighted by Crippen LogP contribution is 2.27. The standard InChI is InChI=1S/C10H13ClO2S/c1-7(2)14(12,13)10-8(3)5-4-6-9(10)11/h4-7H,1-3H3. The normalized spacial score (nSPS) is 12.1. The molecule has 0 saturated heterocycles. The zero-order chi connectivity index (χ0) is 10.9. The summed E-state index contributed by atoms with van der Waals surface area (Å²) in [5, 5.41) is -0.139. The molecule has 0 atom stereocenters. The Morgan fingerprint density at radius 3 is 2.29 bits per heavy atom. The van der Waals surface area contributed by atoms with E-state index < -0.39 is 15.1 Å². The predicted octanol–water partition coefficient (Wildman–Crippen LogP) is 2.83. The lowest BCUT2D eigenvalue weighted by Gasteiger charge is -2.11. The molecule has 0 bridgehead atoms. The topological polar surface area (TPSA) is 34.1 Å². The molecule has 0 aromatic heterocycles. The van der Waals surface area contributed by atoms with Gasteiger partial charge in [0.25, 0.3) is 0 Å². The van der Waals surface area contributed by atoms with E-state index in [-0.39, 0.29) is 4.90 Å². The molecule has 0 heterocycles. The van der Waals surface area contributed by atoms with Gasteiger partial charge < -0.3 is 0 Å². The summed E-state index contributed by atoms with van der Waals surface area (Å²) in [6, 6.07) is 5.10. The highest BCUT2D eigenvalue weighted by atomic mass is 35.5. The average molecular weight is 233 g/mol. The maximum absolute atomic E-state index is 11.9. The van der Waals surface area contributed by atoms with Gasteiger partial charge >= 0.3 is 0 Å². The van der Waals surface area contributed by atoms with Crippen LogP contribution in [0.25, 0.3) is 0 Å². The third kappa shape index (κ3) is 1.93. The lowest BCUT2D eigenvalue weighted by molar-refractivity contribution is 0.587. The molecule has 0 radical (unpaired) electrons. The number of hydrogen-bond acceptors (Lipinski definition) is 2. The summed E-state index contributed by atoms with van der Waals surface area (Å²) in [7, 11) is -3.27. The second-order valence-corrected chi connectivity index (χ2v) is 6.33. The van der Waals surface area contributed by atoms with Gasteiger partial charge in [-0.15, -0.1) is 0 Å². The van der Waals surface area contributed by atoms with Crippen molar-refractivity contribution in [2.24, 2.45) is 0 Å². The van der Waals surface area contributed by atoms with Crippen molar-refractivity contribution < 1.29 is 8.42 Å². The smallest absolute Gasteiger partial charge is 0.182 e. The van der Waals surface area contributed by atoms with Gasteiger partial charge in [-0.05, 0) is 32.4 Å². The molecule has 0 spiro atoms. The van der Waals surface area contributed by atoms with Crippen LogP contribution in [0.1, 0.15) is 19.4 Å². The van der Waals surface area contributed by atoms with E-state index in [1.165, 1.54) is 0 Å². The zero-order valence-corrected chi connectivity index (χ0v) is 9.98. The van der Waals surface area contributed by atoms with Crippen molar-refractivity contribution in [2.75, 3.05) is 0 Å². The SMILES string of the molecule is Cc1cccc(Cl)c1S(=O)(=O)C(C)C. The molecule has 2 nitrogen and oxygen atoms in total. The molecule has 14 heavy (non-hydrogen) atoms. The van der Waals surface area contributed by atoms with Gasteiger partial charge in [-0.3, -0.25) is 0 Å². The first kappa shape index (κ1) is 11.5. The van der Waals surface area contributed by atoms with E-state index in [0.29, 0.717) is 10.6 Å². The monoisotopic (exact) mass is 232 g/mol. The van der Waals surface area contributed by atoms with Crippen LogP contribution < -0.4 is 0 Å². The van der Waals surface area contributed by atoms with Crippen LogP contribution in [0.4, 0.5) is 0 Å². The van der Waals surface area contributed by atoms with Gasteiger partial charge in [-0.2, -0.15) is 0 Å². The van der Waals surface area contributed by atoms with Crippen LogP contribution in [0.15, 0.2) is 23.1 Å². The second kappa shape index (κ2) is 3.91. The minimum absolute atomic E-state index is 0.261. The van der Waals surface area contributed by atoms with Gasteiger partial charge in [0, 0.05) is 0 Å². The molecule has 0 saturated carbocycles. The van der Waals surface area contributed by atoms with E-state index in [1.807, 2.05) is 0 Å². The first-order valence-electron chi connectivity index (χ1n) is 4.36. The Bertz CT molecular complexity index is 415. The van der Waals surface area contributed by atoms with E-state index in [0.717, 1.165) is 0 Å². The third-order valence-corrected chi connectivity index (χ3v) is 4.85. The van der Waals surface area contributed by atoms with Crippen molar-refractivity contribution in [3.05, 3.63) is 28.8 Å². The van der Waals surface area contributed by atoms with Crippen LogP contribution in [0.2, 0.25) is 5.02 Å². The summed E-state index contributed by atoms with van der Waals surface area (Å²) in [5.74, 6) is 0. The summed E-state index contributed by atoms with van der Waals surface area (Å²) in [5.41, 5.74) is 0.700. The molecule has 1 aromatic rings. The van der Waals surface area contributed by atoms with Gasteiger partial charge in [0.1, 0.15) is 0 Å². The summed E-state index contributed by atoms with van der Waals surface area (Å²) in [4.78, 5) is 0.261. The number of aryl methyl sites for hydroxylation is 1. The largest absolute Gasteiger partial charge is 0.223 e.